The number of carboxylic acids is 1. The van der Waals surface area contributed by atoms with Crippen molar-refractivity contribution >= 4 is 11.9 Å². The molecule has 0 atom stereocenters. The highest BCUT2D eigenvalue weighted by Gasteiger charge is 2.09. The van der Waals surface area contributed by atoms with E-state index in [9.17, 15) is 9.59 Å². The molecule has 0 radical (unpaired) electrons. The summed E-state index contributed by atoms with van der Waals surface area (Å²) in [5.74, 6) is -1.22. The van der Waals surface area contributed by atoms with E-state index in [0.717, 1.165) is 0 Å². The van der Waals surface area contributed by atoms with Crippen LogP contribution in [0, 0.1) is 5.92 Å². The normalized spacial score (nSPS) is 10.4. The minimum atomic E-state index is -1.11. The van der Waals surface area contributed by atoms with Gasteiger partial charge in [0.25, 0.3) is 0 Å². The quantitative estimate of drug-likeness (QED) is 0.721. The van der Waals surface area contributed by atoms with E-state index in [1.807, 2.05) is 0 Å². The summed E-state index contributed by atoms with van der Waals surface area (Å²) in [6.07, 6.45) is 1.32. The van der Waals surface area contributed by atoms with Gasteiger partial charge < -0.3 is 10.4 Å². The molecule has 0 spiro atoms. The first-order valence-corrected chi connectivity index (χ1v) is 4.92. The van der Waals surface area contributed by atoms with Gasteiger partial charge in [-0.1, -0.05) is 19.1 Å². The molecule has 1 amide bonds. The van der Waals surface area contributed by atoms with E-state index in [0.29, 0.717) is 13.1 Å². The Bertz CT molecular complexity index is 386. The van der Waals surface area contributed by atoms with Gasteiger partial charge in [-0.2, -0.15) is 0 Å². The standard InChI is InChI=1S/C9H14N4O3/c1-6(2)8(14)10-3-4-13-5-7(9(15)16)11-12-13/h5-6H,3-4H2,1-2H3,(H,10,14)(H,15,16). The highest BCUT2D eigenvalue weighted by molar-refractivity contribution is 5.84. The maximum absolute atomic E-state index is 11.2. The van der Waals surface area contributed by atoms with Crippen molar-refractivity contribution in [3.8, 4) is 0 Å². The lowest BCUT2D eigenvalue weighted by molar-refractivity contribution is -0.124. The Balaban J connectivity index is 2.37. The first-order chi connectivity index (χ1) is 7.50. The lowest BCUT2D eigenvalue weighted by Gasteiger charge is -2.06. The molecule has 0 saturated heterocycles. The summed E-state index contributed by atoms with van der Waals surface area (Å²) < 4.78 is 1.38. The van der Waals surface area contributed by atoms with Gasteiger partial charge in [0.1, 0.15) is 0 Å². The summed E-state index contributed by atoms with van der Waals surface area (Å²) in [6, 6.07) is 0. The molecule has 16 heavy (non-hydrogen) atoms. The van der Waals surface area contributed by atoms with Crippen LogP contribution in [0.1, 0.15) is 24.3 Å². The Morgan fingerprint density at radius 2 is 2.25 bits per heavy atom. The van der Waals surface area contributed by atoms with Gasteiger partial charge in [0.2, 0.25) is 5.91 Å². The number of amides is 1. The third-order valence-corrected chi connectivity index (χ3v) is 1.92. The number of nitrogens with one attached hydrogen (secondary N) is 1. The zero-order valence-corrected chi connectivity index (χ0v) is 9.17. The van der Waals surface area contributed by atoms with Gasteiger partial charge in [-0.05, 0) is 0 Å². The number of hydrogen-bond donors (Lipinski definition) is 2. The maximum atomic E-state index is 11.2. The van der Waals surface area contributed by atoms with Crippen LogP contribution in [0.15, 0.2) is 6.20 Å². The Morgan fingerprint density at radius 1 is 1.56 bits per heavy atom. The highest BCUT2D eigenvalue weighted by atomic mass is 16.4. The average Bonchev–Trinajstić information content (AvgIpc) is 2.66. The van der Waals surface area contributed by atoms with Crippen LogP contribution in [0.25, 0.3) is 0 Å². The molecule has 7 heteroatoms. The Morgan fingerprint density at radius 3 is 2.75 bits per heavy atom. The van der Waals surface area contributed by atoms with Gasteiger partial charge in [-0.25, -0.2) is 9.48 Å². The largest absolute Gasteiger partial charge is 0.476 e. The van der Waals surface area contributed by atoms with Crippen LogP contribution in [-0.2, 0) is 11.3 Å². The fraction of sp³-hybridized carbons (Fsp3) is 0.556. The van der Waals surface area contributed by atoms with Gasteiger partial charge in [0, 0.05) is 12.5 Å². The molecule has 1 heterocycles. The second kappa shape index (κ2) is 5.24. The fourth-order valence-corrected chi connectivity index (χ4v) is 1.00. The summed E-state index contributed by atoms with van der Waals surface area (Å²) >= 11 is 0. The molecule has 0 saturated carbocycles. The summed E-state index contributed by atoms with van der Waals surface area (Å²) in [5, 5.41) is 18.4. The minimum Gasteiger partial charge on any atom is -0.476 e. The molecule has 0 aliphatic heterocycles. The SMILES string of the molecule is CC(C)C(=O)NCCn1cc(C(=O)O)nn1. The predicted octanol–water partition coefficient (Wildman–Crippen LogP) is -0.252. The second-order valence-corrected chi connectivity index (χ2v) is 3.62. The van der Waals surface area contributed by atoms with E-state index in [1.165, 1.54) is 10.9 Å². The van der Waals surface area contributed by atoms with Gasteiger partial charge >= 0.3 is 5.97 Å². The number of aromatic carboxylic acids is 1. The molecule has 2 N–H and O–H groups in total. The Kier molecular flexibility index (Phi) is 3.98. The lowest BCUT2D eigenvalue weighted by Crippen LogP contribution is -2.30. The molecule has 1 aromatic heterocycles. The van der Waals surface area contributed by atoms with E-state index < -0.39 is 5.97 Å². The summed E-state index contributed by atoms with van der Waals surface area (Å²) in [7, 11) is 0. The van der Waals surface area contributed by atoms with Crippen LogP contribution in [0.4, 0.5) is 0 Å². The molecular weight excluding hydrogens is 212 g/mol. The number of carbonyl (C=O) groups is 2. The second-order valence-electron chi connectivity index (χ2n) is 3.62. The van der Waals surface area contributed by atoms with E-state index >= 15 is 0 Å². The van der Waals surface area contributed by atoms with Crippen molar-refractivity contribution in [3.63, 3.8) is 0 Å². The molecule has 1 aromatic rings. The third-order valence-electron chi connectivity index (χ3n) is 1.92. The van der Waals surface area contributed by atoms with Crippen LogP contribution in [-0.4, -0.2) is 38.5 Å². The van der Waals surface area contributed by atoms with Crippen molar-refractivity contribution in [3.05, 3.63) is 11.9 Å². The van der Waals surface area contributed by atoms with E-state index in [1.54, 1.807) is 13.8 Å². The molecule has 0 fully saturated rings. The van der Waals surface area contributed by atoms with E-state index in [-0.39, 0.29) is 17.5 Å². The highest BCUT2D eigenvalue weighted by Crippen LogP contribution is 1.93. The molecular formula is C9H14N4O3. The first-order valence-electron chi connectivity index (χ1n) is 4.92. The van der Waals surface area contributed by atoms with Crippen LogP contribution < -0.4 is 5.32 Å². The molecule has 0 aliphatic rings. The van der Waals surface area contributed by atoms with Gasteiger partial charge in [0.15, 0.2) is 5.69 Å². The summed E-state index contributed by atoms with van der Waals surface area (Å²) in [4.78, 5) is 21.7. The monoisotopic (exact) mass is 226 g/mol. The molecule has 0 unspecified atom stereocenters. The molecule has 0 bridgehead atoms. The maximum Gasteiger partial charge on any atom is 0.358 e. The average molecular weight is 226 g/mol. The topological polar surface area (TPSA) is 97.1 Å². The zero-order chi connectivity index (χ0) is 12.1. The Labute approximate surface area is 92.4 Å². The number of rotatable bonds is 5. The van der Waals surface area contributed by atoms with Crippen molar-refractivity contribution < 1.29 is 14.7 Å². The zero-order valence-electron chi connectivity index (χ0n) is 9.17. The number of hydrogen-bond acceptors (Lipinski definition) is 4. The van der Waals surface area contributed by atoms with E-state index in [2.05, 4.69) is 15.6 Å². The first kappa shape index (κ1) is 12.2. The number of carboxylic acid groups (broad SMARTS) is 1. The van der Waals surface area contributed by atoms with Crippen molar-refractivity contribution in [1.82, 2.24) is 20.3 Å². The van der Waals surface area contributed by atoms with Gasteiger partial charge in [0.05, 0.1) is 12.7 Å². The smallest absolute Gasteiger partial charge is 0.358 e. The third kappa shape index (κ3) is 3.34. The Hall–Kier alpha value is -1.92. The number of aromatic nitrogens is 3. The van der Waals surface area contributed by atoms with Gasteiger partial charge in [-0.3, -0.25) is 4.79 Å². The number of carbonyl (C=O) groups excluding carboxylic acids is 1. The van der Waals surface area contributed by atoms with Crippen LogP contribution in [0.3, 0.4) is 0 Å². The summed E-state index contributed by atoms with van der Waals surface area (Å²) in [5.41, 5.74) is -0.102. The van der Waals surface area contributed by atoms with Crippen molar-refractivity contribution in [2.45, 2.75) is 20.4 Å². The fourth-order valence-electron chi connectivity index (χ4n) is 1.00. The molecule has 88 valence electrons. The van der Waals surface area contributed by atoms with Crippen molar-refractivity contribution in [2.75, 3.05) is 6.54 Å². The van der Waals surface area contributed by atoms with Crippen molar-refractivity contribution in [2.24, 2.45) is 5.92 Å². The molecule has 0 aromatic carbocycles. The molecule has 7 nitrogen and oxygen atoms in total. The molecule has 1 rings (SSSR count). The van der Waals surface area contributed by atoms with Crippen molar-refractivity contribution in [1.29, 1.82) is 0 Å². The summed E-state index contributed by atoms with van der Waals surface area (Å²) in [6.45, 7) is 4.40. The van der Waals surface area contributed by atoms with Crippen LogP contribution >= 0.6 is 0 Å². The van der Waals surface area contributed by atoms with E-state index in [4.69, 9.17) is 5.11 Å². The minimum absolute atomic E-state index is 0.0430. The van der Waals surface area contributed by atoms with Crippen LogP contribution in [0.5, 0.6) is 0 Å². The number of nitrogens with zero attached hydrogens (tertiary/aromatic N) is 3. The lowest BCUT2D eigenvalue weighted by atomic mass is 10.2. The predicted molar refractivity (Wildman–Crippen MR) is 54.8 cm³/mol. The van der Waals surface area contributed by atoms with Crippen LogP contribution in [0.2, 0.25) is 0 Å². The van der Waals surface area contributed by atoms with Gasteiger partial charge in [-0.15, -0.1) is 5.10 Å². The molecule has 0 aliphatic carbocycles.